The standard InChI is InChI=1S/C16H20ClFO3/c1-2-20-16(19)11-4-7-14(8-5-11)21-10-12-3-6-13(17)9-15(12)18/h3,6,9,11,14H,2,4-5,7-8,10H2,1H3/t11-,14-. The molecule has 1 fully saturated rings. The highest BCUT2D eigenvalue weighted by molar-refractivity contribution is 6.30. The Labute approximate surface area is 129 Å². The number of carbonyl (C=O) groups is 1. The van der Waals surface area contributed by atoms with Gasteiger partial charge < -0.3 is 9.47 Å². The quantitative estimate of drug-likeness (QED) is 0.767. The molecule has 1 aromatic rings. The molecule has 0 heterocycles. The number of benzene rings is 1. The van der Waals surface area contributed by atoms with Crippen molar-refractivity contribution in [3.8, 4) is 0 Å². The predicted molar refractivity (Wildman–Crippen MR) is 78.6 cm³/mol. The summed E-state index contributed by atoms with van der Waals surface area (Å²) in [6, 6.07) is 4.58. The van der Waals surface area contributed by atoms with E-state index in [1.165, 1.54) is 6.07 Å². The zero-order valence-corrected chi connectivity index (χ0v) is 12.9. The average Bonchev–Trinajstić information content (AvgIpc) is 2.47. The summed E-state index contributed by atoms with van der Waals surface area (Å²) in [7, 11) is 0. The minimum absolute atomic E-state index is 0.0166. The molecular formula is C16H20ClFO3. The molecule has 0 N–H and O–H groups in total. The van der Waals surface area contributed by atoms with Gasteiger partial charge in [0, 0.05) is 10.6 Å². The summed E-state index contributed by atoms with van der Waals surface area (Å²) < 4.78 is 24.4. The van der Waals surface area contributed by atoms with Gasteiger partial charge in [0.15, 0.2) is 0 Å². The van der Waals surface area contributed by atoms with Gasteiger partial charge in [0.05, 0.1) is 25.2 Å². The maximum atomic E-state index is 13.6. The lowest BCUT2D eigenvalue weighted by atomic mass is 9.87. The first-order chi connectivity index (χ1) is 10.1. The van der Waals surface area contributed by atoms with Gasteiger partial charge in [-0.15, -0.1) is 0 Å². The second-order valence-electron chi connectivity index (χ2n) is 5.27. The van der Waals surface area contributed by atoms with E-state index in [-0.39, 0.29) is 30.4 Å². The second kappa shape index (κ2) is 7.76. The molecule has 0 unspecified atom stereocenters. The number of rotatable bonds is 5. The fourth-order valence-electron chi connectivity index (χ4n) is 2.57. The molecule has 116 valence electrons. The highest BCUT2D eigenvalue weighted by Crippen LogP contribution is 2.28. The zero-order valence-electron chi connectivity index (χ0n) is 12.1. The lowest BCUT2D eigenvalue weighted by Crippen LogP contribution is -2.27. The van der Waals surface area contributed by atoms with Crippen LogP contribution in [0.4, 0.5) is 4.39 Å². The van der Waals surface area contributed by atoms with E-state index in [0.717, 1.165) is 25.7 Å². The van der Waals surface area contributed by atoms with Crippen molar-refractivity contribution in [3.63, 3.8) is 0 Å². The van der Waals surface area contributed by atoms with Gasteiger partial charge in [-0.3, -0.25) is 4.79 Å². The summed E-state index contributed by atoms with van der Waals surface area (Å²) in [5.41, 5.74) is 0.506. The number of hydrogen-bond donors (Lipinski definition) is 0. The summed E-state index contributed by atoms with van der Waals surface area (Å²) in [5.74, 6) is -0.473. The third-order valence-electron chi connectivity index (χ3n) is 3.78. The van der Waals surface area contributed by atoms with Gasteiger partial charge in [-0.2, -0.15) is 0 Å². The summed E-state index contributed by atoms with van der Waals surface area (Å²) in [5, 5.41) is 0.381. The molecule has 0 bridgehead atoms. The van der Waals surface area contributed by atoms with Crippen LogP contribution in [0.5, 0.6) is 0 Å². The van der Waals surface area contributed by atoms with Crippen molar-refractivity contribution in [3.05, 3.63) is 34.6 Å². The smallest absolute Gasteiger partial charge is 0.308 e. The van der Waals surface area contributed by atoms with E-state index in [4.69, 9.17) is 21.1 Å². The lowest BCUT2D eigenvalue weighted by molar-refractivity contribution is -0.150. The summed E-state index contributed by atoms with van der Waals surface area (Å²) in [6.45, 7) is 2.47. The first-order valence-corrected chi connectivity index (χ1v) is 7.70. The summed E-state index contributed by atoms with van der Waals surface area (Å²) in [4.78, 5) is 11.6. The molecule has 0 aromatic heterocycles. The summed E-state index contributed by atoms with van der Waals surface area (Å²) >= 11 is 5.71. The van der Waals surface area contributed by atoms with Crippen LogP contribution < -0.4 is 0 Å². The van der Waals surface area contributed by atoms with E-state index in [2.05, 4.69) is 0 Å². The van der Waals surface area contributed by atoms with E-state index < -0.39 is 0 Å². The van der Waals surface area contributed by atoms with Gasteiger partial charge >= 0.3 is 5.97 Å². The Bertz CT molecular complexity index is 484. The highest BCUT2D eigenvalue weighted by Gasteiger charge is 2.27. The number of halogens is 2. The fourth-order valence-corrected chi connectivity index (χ4v) is 2.73. The maximum Gasteiger partial charge on any atom is 0.308 e. The van der Waals surface area contributed by atoms with Crippen LogP contribution >= 0.6 is 11.6 Å². The fraction of sp³-hybridized carbons (Fsp3) is 0.562. The molecule has 3 nitrogen and oxygen atoms in total. The SMILES string of the molecule is CCOC(=O)[C@H]1CC[C@H](OCc2ccc(Cl)cc2F)CC1. The first kappa shape index (κ1) is 16.2. The van der Waals surface area contributed by atoms with E-state index in [0.29, 0.717) is 17.2 Å². The van der Waals surface area contributed by atoms with Gasteiger partial charge in [-0.25, -0.2) is 4.39 Å². The largest absolute Gasteiger partial charge is 0.466 e. The van der Waals surface area contributed by atoms with Crippen molar-refractivity contribution in [2.45, 2.75) is 45.3 Å². The molecule has 0 spiro atoms. The molecule has 5 heteroatoms. The van der Waals surface area contributed by atoms with Crippen molar-refractivity contribution < 1.29 is 18.7 Å². The van der Waals surface area contributed by atoms with Crippen LogP contribution in [0, 0.1) is 11.7 Å². The van der Waals surface area contributed by atoms with Crippen molar-refractivity contribution in [2.75, 3.05) is 6.61 Å². The topological polar surface area (TPSA) is 35.5 Å². The van der Waals surface area contributed by atoms with Crippen LogP contribution in [0.1, 0.15) is 38.2 Å². The Balaban J connectivity index is 1.77. The molecule has 0 saturated heterocycles. The van der Waals surface area contributed by atoms with Gasteiger partial charge in [-0.1, -0.05) is 17.7 Å². The molecule has 0 radical (unpaired) electrons. The Morgan fingerprint density at radius 2 is 2.05 bits per heavy atom. The van der Waals surface area contributed by atoms with Gasteiger partial charge in [0.25, 0.3) is 0 Å². The molecule has 1 aromatic carbocycles. The van der Waals surface area contributed by atoms with Crippen LogP contribution in [0.15, 0.2) is 18.2 Å². The molecule has 0 amide bonds. The molecule has 0 atom stereocenters. The van der Waals surface area contributed by atoms with Crippen LogP contribution in [0.3, 0.4) is 0 Å². The average molecular weight is 315 g/mol. The highest BCUT2D eigenvalue weighted by atomic mass is 35.5. The number of hydrogen-bond acceptors (Lipinski definition) is 3. The van der Waals surface area contributed by atoms with E-state index in [1.54, 1.807) is 12.1 Å². The molecule has 1 saturated carbocycles. The van der Waals surface area contributed by atoms with Crippen LogP contribution in [0.25, 0.3) is 0 Å². The predicted octanol–water partition coefficient (Wildman–Crippen LogP) is 4.12. The van der Waals surface area contributed by atoms with Gasteiger partial charge in [-0.05, 0) is 44.7 Å². The Hall–Kier alpha value is -1.13. The van der Waals surface area contributed by atoms with E-state index in [9.17, 15) is 9.18 Å². The van der Waals surface area contributed by atoms with Gasteiger partial charge in [0.1, 0.15) is 5.82 Å². The molecule has 2 rings (SSSR count). The molecular weight excluding hydrogens is 295 g/mol. The van der Waals surface area contributed by atoms with Crippen molar-refractivity contribution in [2.24, 2.45) is 5.92 Å². The van der Waals surface area contributed by atoms with Crippen molar-refractivity contribution >= 4 is 17.6 Å². The minimum Gasteiger partial charge on any atom is -0.466 e. The molecule has 1 aliphatic carbocycles. The second-order valence-corrected chi connectivity index (χ2v) is 5.71. The van der Waals surface area contributed by atoms with Gasteiger partial charge in [0.2, 0.25) is 0 Å². The number of ether oxygens (including phenoxy) is 2. The van der Waals surface area contributed by atoms with Crippen LogP contribution in [0.2, 0.25) is 5.02 Å². The lowest BCUT2D eigenvalue weighted by Gasteiger charge is -2.27. The van der Waals surface area contributed by atoms with Crippen LogP contribution in [-0.2, 0) is 20.9 Å². The Morgan fingerprint density at radius 3 is 2.67 bits per heavy atom. The van der Waals surface area contributed by atoms with E-state index in [1.807, 2.05) is 6.92 Å². The zero-order chi connectivity index (χ0) is 15.2. The maximum absolute atomic E-state index is 13.6. The molecule has 0 aliphatic heterocycles. The minimum atomic E-state index is -0.345. The monoisotopic (exact) mass is 314 g/mol. The Kier molecular flexibility index (Phi) is 6.00. The summed E-state index contributed by atoms with van der Waals surface area (Å²) in [6.07, 6.45) is 3.22. The number of carbonyl (C=O) groups excluding carboxylic acids is 1. The third kappa shape index (κ3) is 4.68. The van der Waals surface area contributed by atoms with E-state index >= 15 is 0 Å². The normalized spacial score (nSPS) is 22.0. The molecule has 1 aliphatic rings. The molecule has 21 heavy (non-hydrogen) atoms. The van der Waals surface area contributed by atoms with Crippen LogP contribution in [-0.4, -0.2) is 18.7 Å². The van der Waals surface area contributed by atoms with Crippen molar-refractivity contribution in [1.82, 2.24) is 0 Å². The Morgan fingerprint density at radius 1 is 1.33 bits per heavy atom. The van der Waals surface area contributed by atoms with Crippen molar-refractivity contribution in [1.29, 1.82) is 0 Å². The number of esters is 1. The third-order valence-corrected chi connectivity index (χ3v) is 4.02. The first-order valence-electron chi connectivity index (χ1n) is 7.32.